The molecule has 2 aromatic rings. The van der Waals surface area contributed by atoms with E-state index in [1.807, 2.05) is 5.38 Å². The lowest BCUT2D eigenvalue weighted by Crippen LogP contribution is -2.26. The first-order valence-electron chi connectivity index (χ1n) is 5.28. The predicted molar refractivity (Wildman–Crippen MR) is 69.6 cm³/mol. The zero-order chi connectivity index (χ0) is 13.0. The number of carbonyl (C=O) groups excluding carboxylic acids is 1. The first-order chi connectivity index (χ1) is 8.66. The van der Waals surface area contributed by atoms with Gasteiger partial charge in [-0.3, -0.25) is 4.79 Å². The summed E-state index contributed by atoms with van der Waals surface area (Å²) < 4.78 is 13.4. The minimum Gasteiger partial charge on any atom is -0.352 e. The van der Waals surface area contributed by atoms with E-state index in [-0.39, 0.29) is 5.56 Å². The van der Waals surface area contributed by atoms with Crippen LogP contribution in [-0.2, 0) is 6.42 Å². The van der Waals surface area contributed by atoms with E-state index in [9.17, 15) is 9.18 Å². The van der Waals surface area contributed by atoms with Gasteiger partial charge in [-0.25, -0.2) is 9.37 Å². The Kier molecular flexibility index (Phi) is 4.28. The summed E-state index contributed by atoms with van der Waals surface area (Å²) in [4.78, 5) is 15.8. The van der Waals surface area contributed by atoms with Gasteiger partial charge in [0.15, 0.2) is 0 Å². The number of rotatable bonds is 4. The third kappa shape index (κ3) is 3.27. The van der Waals surface area contributed by atoms with E-state index in [2.05, 4.69) is 10.3 Å². The van der Waals surface area contributed by atoms with Crippen molar-refractivity contribution in [2.75, 3.05) is 6.54 Å². The molecule has 0 radical (unpaired) electrons. The van der Waals surface area contributed by atoms with Gasteiger partial charge in [-0.1, -0.05) is 11.6 Å². The van der Waals surface area contributed by atoms with Gasteiger partial charge >= 0.3 is 0 Å². The lowest BCUT2D eigenvalue weighted by atomic mass is 10.2. The molecule has 2 rings (SSSR count). The molecule has 0 aliphatic heterocycles. The predicted octanol–water partition coefficient (Wildman–Crippen LogP) is 2.91. The van der Waals surface area contributed by atoms with E-state index in [1.54, 1.807) is 6.20 Å². The maximum absolute atomic E-state index is 13.4. The van der Waals surface area contributed by atoms with Crippen LogP contribution in [0.15, 0.2) is 29.8 Å². The molecule has 0 aliphatic rings. The van der Waals surface area contributed by atoms with Gasteiger partial charge in [0.25, 0.3) is 5.91 Å². The summed E-state index contributed by atoms with van der Waals surface area (Å²) in [7, 11) is 0. The van der Waals surface area contributed by atoms with Crippen LogP contribution in [0.4, 0.5) is 4.39 Å². The summed E-state index contributed by atoms with van der Waals surface area (Å²) in [6, 6.07) is 3.90. The van der Waals surface area contributed by atoms with Crippen molar-refractivity contribution in [1.29, 1.82) is 0 Å². The smallest absolute Gasteiger partial charge is 0.254 e. The second kappa shape index (κ2) is 5.93. The Bertz CT molecular complexity index is 545. The summed E-state index contributed by atoms with van der Waals surface area (Å²) in [5.74, 6) is -1.04. The molecule has 3 nitrogen and oxygen atoms in total. The van der Waals surface area contributed by atoms with Gasteiger partial charge in [0, 0.05) is 29.6 Å². The minimum absolute atomic E-state index is 0.0401. The van der Waals surface area contributed by atoms with Crippen molar-refractivity contribution in [2.24, 2.45) is 0 Å². The highest BCUT2D eigenvalue weighted by Gasteiger charge is 2.11. The van der Waals surface area contributed by atoms with Crippen LogP contribution >= 0.6 is 22.9 Å². The largest absolute Gasteiger partial charge is 0.352 e. The van der Waals surface area contributed by atoms with Gasteiger partial charge < -0.3 is 5.32 Å². The quantitative estimate of drug-likeness (QED) is 0.938. The Morgan fingerprint density at radius 2 is 2.33 bits per heavy atom. The van der Waals surface area contributed by atoms with Gasteiger partial charge in [-0.15, -0.1) is 11.3 Å². The molecule has 0 fully saturated rings. The van der Waals surface area contributed by atoms with Crippen molar-refractivity contribution in [3.8, 4) is 0 Å². The molecule has 18 heavy (non-hydrogen) atoms. The van der Waals surface area contributed by atoms with Crippen LogP contribution in [0.3, 0.4) is 0 Å². The lowest BCUT2D eigenvalue weighted by Gasteiger charge is -2.05. The summed E-state index contributed by atoms with van der Waals surface area (Å²) >= 11 is 7.24. The molecule has 6 heteroatoms. The Hall–Kier alpha value is -1.46. The topological polar surface area (TPSA) is 42.0 Å². The molecule has 0 bridgehead atoms. The number of benzene rings is 1. The number of thiazole rings is 1. The third-order valence-corrected chi connectivity index (χ3v) is 3.36. The number of hydrogen-bond donors (Lipinski definition) is 1. The number of amides is 1. The van der Waals surface area contributed by atoms with Crippen molar-refractivity contribution < 1.29 is 9.18 Å². The van der Waals surface area contributed by atoms with E-state index in [0.717, 1.165) is 5.01 Å². The van der Waals surface area contributed by atoms with Crippen LogP contribution < -0.4 is 5.32 Å². The maximum atomic E-state index is 13.4. The molecule has 1 aromatic carbocycles. The van der Waals surface area contributed by atoms with E-state index < -0.39 is 11.7 Å². The molecule has 1 aromatic heterocycles. The van der Waals surface area contributed by atoms with Crippen LogP contribution in [0, 0.1) is 5.82 Å². The number of nitrogens with one attached hydrogen (secondary N) is 1. The van der Waals surface area contributed by atoms with Gasteiger partial charge in [0.05, 0.1) is 10.6 Å². The molecule has 1 amide bonds. The van der Waals surface area contributed by atoms with Crippen molar-refractivity contribution in [2.45, 2.75) is 6.42 Å². The van der Waals surface area contributed by atoms with Gasteiger partial charge in [0.2, 0.25) is 0 Å². The molecule has 0 atom stereocenters. The summed E-state index contributed by atoms with van der Waals surface area (Å²) in [5.41, 5.74) is -0.0401. The van der Waals surface area contributed by atoms with Crippen molar-refractivity contribution in [3.63, 3.8) is 0 Å². The van der Waals surface area contributed by atoms with Crippen LogP contribution in [0.5, 0.6) is 0 Å². The second-order valence-corrected chi connectivity index (χ2v) is 4.97. The molecule has 0 aliphatic carbocycles. The highest BCUT2D eigenvalue weighted by atomic mass is 35.5. The fourth-order valence-corrected chi connectivity index (χ4v) is 2.22. The molecule has 0 spiro atoms. The lowest BCUT2D eigenvalue weighted by molar-refractivity contribution is 0.0950. The normalized spacial score (nSPS) is 10.3. The molecule has 1 N–H and O–H groups in total. The van der Waals surface area contributed by atoms with E-state index in [4.69, 9.17) is 11.6 Å². The summed E-state index contributed by atoms with van der Waals surface area (Å²) in [5, 5.41) is 5.77. The third-order valence-electron chi connectivity index (χ3n) is 2.28. The molecular formula is C12H10ClFN2OS. The first kappa shape index (κ1) is 13.0. The minimum atomic E-state index is -0.578. The van der Waals surface area contributed by atoms with E-state index >= 15 is 0 Å². The van der Waals surface area contributed by atoms with E-state index in [0.29, 0.717) is 18.0 Å². The molecular weight excluding hydrogens is 275 g/mol. The van der Waals surface area contributed by atoms with Crippen molar-refractivity contribution >= 4 is 28.8 Å². The second-order valence-electron chi connectivity index (χ2n) is 3.56. The maximum Gasteiger partial charge on any atom is 0.254 e. The number of nitrogens with zero attached hydrogens (tertiary/aromatic N) is 1. The van der Waals surface area contributed by atoms with Crippen LogP contribution in [0.2, 0.25) is 5.02 Å². The molecule has 0 saturated carbocycles. The Labute approximate surface area is 113 Å². The fourth-order valence-electron chi connectivity index (χ4n) is 1.43. The zero-order valence-electron chi connectivity index (χ0n) is 9.32. The average molecular weight is 285 g/mol. The van der Waals surface area contributed by atoms with Gasteiger partial charge in [-0.2, -0.15) is 0 Å². The highest BCUT2D eigenvalue weighted by molar-refractivity contribution is 7.09. The number of hydrogen-bond acceptors (Lipinski definition) is 3. The summed E-state index contributed by atoms with van der Waals surface area (Å²) in [6.45, 7) is 0.415. The zero-order valence-corrected chi connectivity index (χ0v) is 10.9. The Balaban J connectivity index is 1.93. The molecule has 94 valence electrons. The Morgan fingerprint density at radius 1 is 1.50 bits per heavy atom. The van der Waals surface area contributed by atoms with Crippen LogP contribution in [-0.4, -0.2) is 17.4 Å². The number of halogens is 2. The monoisotopic (exact) mass is 284 g/mol. The SMILES string of the molecule is O=C(NCCc1nccs1)c1cc(Cl)ccc1F. The van der Waals surface area contributed by atoms with Crippen molar-refractivity contribution in [1.82, 2.24) is 10.3 Å². The van der Waals surface area contributed by atoms with Crippen LogP contribution in [0.1, 0.15) is 15.4 Å². The van der Waals surface area contributed by atoms with Gasteiger partial charge in [-0.05, 0) is 18.2 Å². The first-order valence-corrected chi connectivity index (χ1v) is 6.54. The number of carbonyl (C=O) groups is 1. The standard InChI is InChI=1S/C12H10ClFN2OS/c13-8-1-2-10(14)9(7-8)12(17)16-4-3-11-15-5-6-18-11/h1-2,5-7H,3-4H2,(H,16,17). The van der Waals surface area contributed by atoms with Crippen molar-refractivity contribution in [3.05, 3.63) is 51.2 Å². The summed E-state index contributed by atoms with van der Waals surface area (Å²) in [6.07, 6.45) is 2.34. The average Bonchev–Trinajstić information content (AvgIpc) is 2.85. The van der Waals surface area contributed by atoms with Gasteiger partial charge in [0.1, 0.15) is 5.82 Å². The van der Waals surface area contributed by atoms with E-state index in [1.165, 1.54) is 29.5 Å². The fraction of sp³-hybridized carbons (Fsp3) is 0.167. The number of aromatic nitrogens is 1. The molecule has 0 saturated heterocycles. The Morgan fingerprint density at radius 3 is 3.06 bits per heavy atom. The molecule has 1 heterocycles. The highest BCUT2D eigenvalue weighted by Crippen LogP contribution is 2.14. The molecule has 0 unspecified atom stereocenters. The van der Waals surface area contributed by atoms with Crippen LogP contribution in [0.25, 0.3) is 0 Å².